The highest BCUT2D eigenvalue weighted by Crippen LogP contribution is 2.34. The Hall–Kier alpha value is -2.70. The lowest BCUT2D eigenvalue weighted by Crippen LogP contribution is -2.50. The van der Waals surface area contributed by atoms with Crippen molar-refractivity contribution in [1.82, 2.24) is 5.32 Å². The van der Waals surface area contributed by atoms with Crippen LogP contribution in [0.15, 0.2) is 30.9 Å². The van der Waals surface area contributed by atoms with Crippen molar-refractivity contribution in [2.45, 2.75) is 51.4 Å². The number of hydrogen-bond donors (Lipinski definition) is 1. The van der Waals surface area contributed by atoms with Gasteiger partial charge in [0.1, 0.15) is 18.3 Å². The highest BCUT2D eigenvalue weighted by molar-refractivity contribution is 5.90. The molecule has 1 aromatic rings. The summed E-state index contributed by atoms with van der Waals surface area (Å²) < 4.78 is 21.5. The van der Waals surface area contributed by atoms with E-state index in [4.69, 9.17) is 18.9 Å². The minimum Gasteiger partial charge on any atom is -0.486 e. The number of hydrogen-bond acceptors (Lipinski definition) is 6. The van der Waals surface area contributed by atoms with E-state index in [1.165, 1.54) is 7.11 Å². The average Bonchev–Trinajstić information content (AvgIpc) is 2.56. The molecule has 7 heteroatoms. The van der Waals surface area contributed by atoms with Crippen LogP contribution in [0.2, 0.25) is 0 Å². The predicted molar refractivity (Wildman–Crippen MR) is 100 cm³/mol. The van der Waals surface area contributed by atoms with E-state index in [1.54, 1.807) is 24.3 Å². The van der Waals surface area contributed by atoms with Gasteiger partial charge < -0.3 is 24.3 Å². The molecular weight excluding hydrogens is 350 g/mol. The molecule has 27 heavy (non-hydrogen) atoms. The van der Waals surface area contributed by atoms with E-state index in [1.807, 2.05) is 20.8 Å². The molecule has 148 valence electrons. The van der Waals surface area contributed by atoms with Crippen molar-refractivity contribution in [3.05, 3.63) is 36.4 Å². The molecule has 0 spiro atoms. The fourth-order valence-corrected chi connectivity index (χ4v) is 2.55. The van der Waals surface area contributed by atoms with Crippen LogP contribution in [0.4, 0.5) is 4.79 Å². The SMILES string of the molecule is C=CCOc1cc(C(=O)OC)ccc1O[C@H]1C[C@H](NC(=O)OC(C)(C)C)C1. The summed E-state index contributed by atoms with van der Waals surface area (Å²) in [6, 6.07) is 4.90. The first-order chi connectivity index (χ1) is 12.7. The Kier molecular flexibility index (Phi) is 6.71. The summed E-state index contributed by atoms with van der Waals surface area (Å²) in [6.07, 6.45) is 2.46. The molecule has 1 N–H and O–H groups in total. The third-order valence-corrected chi connectivity index (χ3v) is 3.83. The molecule has 1 aliphatic carbocycles. The lowest BCUT2D eigenvalue weighted by molar-refractivity contribution is 0.0357. The summed E-state index contributed by atoms with van der Waals surface area (Å²) in [5.41, 5.74) is -0.148. The first kappa shape index (κ1) is 20.6. The van der Waals surface area contributed by atoms with E-state index < -0.39 is 17.7 Å². The molecule has 2 rings (SSSR count). The minimum atomic E-state index is -0.525. The maximum Gasteiger partial charge on any atom is 0.407 e. The zero-order valence-electron chi connectivity index (χ0n) is 16.2. The average molecular weight is 377 g/mol. The van der Waals surface area contributed by atoms with Crippen LogP contribution in [-0.2, 0) is 9.47 Å². The van der Waals surface area contributed by atoms with Gasteiger partial charge in [-0.2, -0.15) is 0 Å². The van der Waals surface area contributed by atoms with E-state index in [0.717, 1.165) is 0 Å². The highest BCUT2D eigenvalue weighted by atomic mass is 16.6. The smallest absolute Gasteiger partial charge is 0.407 e. The predicted octanol–water partition coefficient (Wildman–Crippen LogP) is 3.47. The molecule has 1 saturated carbocycles. The number of methoxy groups -OCH3 is 1. The number of rotatable bonds is 7. The molecule has 0 bridgehead atoms. The number of esters is 1. The number of ether oxygens (including phenoxy) is 4. The molecule has 1 fully saturated rings. The lowest BCUT2D eigenvalue weighted by Gasteiger charge is -2.36. The summed E-state index contributed by atoms with van der Waals surface area (Å²) >= 11 is 0. The fourth-order valence-electron chi connectivity index (χ4n) is 2.55. The molecule has 7 nitrogen and oxygen atoms in total. The molecule has 1 aromatic carbocycles. The largest absolute Gasteiger partial charge is 0.486 e. The second-order valence-corrected chi connectivity index (χ2v) is 7.31. The standard InChI is InChI=1S/C20H27NO6/c1-6-9-25-17-10-13(18(22)24-5)7-8-16(17)26-15-11-14(12-15)21-19(23)27-20(2,3)4/h6-8,10,14-15H,1,9,11-12H2,2-5H3,(H,21,23)/t14-,15-. The van der Waals surface area contributed by atoms with Crippen LogP contribution in [-0.4, -0.2) is 43.5 Å². The summed E-state index contributed by atoms with van der Waals surface area (Å²) in [6.45, 7) is 9.37. The van der Waals surface area contributed by atoms with E-state index in [-0.39, 0.29) is 18.8 Å². The molecule has 0 saturated heterocycles. The van der Waals surface area contributed by atoms with Crippen LogP contribution in [0.3, 0.4) is 0 Å². The number of carbonyl (C=O) groups is 2. The van der Waals surface area contributed by atoms with Crippen molar-refractivity contribution in [3.8, 4) is 11.5 Å². The molecule has 0 atom stereocenters. The first-order valence-corrected chi connectivity index (χ1v) is 8.84. The zero-order chi connectivity index (χ0) is 20.0. The van der Waals surface area contributed by atoms with Gasteiger partial charge in [0, 0.05) is 18.9 Å². The first-order valence-electron chi connectivity index (χ1n) is 8.84. The fraction of sp³-hybridized carbons (Fsp3) is 0.500. The van der Waals surface area contributed by atoms with Gasteiger partial charge in [-0.25, -0.2) is 9.59 Å². The topological polar surface area (TPSA) is 83.1 Å². The van der Waals surface area contributed by atoms with Gasteiger partial charge in [-0.05, 0) is 39.0 Å². The van der Waals surface area contributed by atoms with Gasteiger partial charge in [-0.1, -0.05) is 12.7 Å². The summed E-state index contributed by atoms with van der Waals surface area (Å²) in [5.74, 6) is 0.529. The second-order valence-electron chi connectivity index (χ2n) is 7.31. The summed E-state index contributed by atoms with van der Waals surface area (Å²) in [7, 11) is 1.32. The van der Waals surface area contributed by atoms with Gasteiger partial charge in [-0.15, -0.1) is 0 Å². The molecular formula is C20H27NO6. The molecule has 0 unspecified atom stereocenters. The lowest BCUT2D eigenvalue weighted by atomic mass is 9.89. The number of nitrogens with one attached hydrogen (secondary N) is 1. The number of benzene rings is 1. The van der Waals surface area contributed by atoms with Crippen LogP contribution < -0.4 is 14.8 Å². The van der Waals surface area contributed by atoms with Crippen molar-refractivity contribution in [2.24, 2.45) is 0 Å². The van der Waals surface area contributed by atoms with Crippen LogP contribution in [0, 0.1) is 0 Å². The van der Waals surface area contributed by atoms with Gasteiger partial charge in [0.25, 0.3) is 0 Å². The van der Waals surface area contributed by atoms with Crippen molar-refractivity contribution >= 4 is 12.1 Å². The van der Waals surface area contributed by atoms with E-state index >= 15 is 0 Å². The van der Waals surface area contributed by atoms with Gasteiger partial charge in [-0.3, -0.25) is 0 Å². The monoisotopic (exact) mass is 377 g/mol. The molecule has 0 aliphatic heterocycles. The summed E-state index contributed by atoms with van der Waals surface area (Å²) in [4.78, 5) is 23.5. The van der Waals surface area contributed by atoms with E-state index in [9.17, 15) is 9.59 Å². The Labute approximate surface area is 159 Å². The zero-order valence-corrected chi connectivity index (χ0v) is 16.2. The maximum atomic E-state index is 11.8. The summed E-state index contributed by atoms with van der Waals surface area (Å²) in [5, 5.41) is 2.82. The molecule has 1 amide bonds. The molecule has 0 radical (unpaired) electrons. The normalized spacial score (nSPS) is 18.7. The number of amides is 1. The van der Waals surface area contributed by atoms with Crippen LogP contribution in [0.5, 0.6) is 11.5 Å². The third kappa shape index (κ3) is 6.20. The molecule has 1 aliphatic rings. The molecule has 0 aromatic heterocycles. The Bertz CT molecular complexity index is 688. The van der Waals surface area contributed by atoms with Gasteiger partial charge >= 0.3 is 12.1 Å². The molecule has 0 heterocycles. The van der Waals surface area contributed by atoms with E-state index in [2.05, 4.69) is 11.9 Å². The second kappa shape index (κ2) is 8.79. The van der Waals surface area contributed by atoms with Gasteiger partial charge in [0.05, 0.1) is 12.7 Å². The maximum absolute atomic E-state index is 11.8. The van der Waals surface area contributed by atoms with Crippen LogP contribution in [0.25, 0.3) is 0 Å². The minimum absolute atomic E-state index is 0.0109. The van der Waals surface area contributed by atoms with E-state index in [0.29, 0.717) is 29.9 Å². The van der Waals surface area contributed by atoms with Crippen molar-refractivity contribution in [2.75, 3.05) is 13.7 Å². The van der Waals surface area contributed by atoms with Crippen molar-refractivity contribution < 1.29 is 28.5 Å². The highest BCUT2D eigenvalue weighted by Gasteiger charge is 2.33. The van der Waals surface area contributed by atoms with Gasteiger partial charge in [0.15, 0.2) is 11.5 Å². The van der Waals surface area contributed by atoms with Crippen molar-refractivity contribution in [1.29, 1.82) is 0 Å². The number of alkyl carbamates (subject to hydrolysis) is 1. The third-order valence-electron chi connectivity index (χ3n) is 3.83. The van der Waals surface area contributed by atoms with Crippen LogP contribution >= 0.6 is 0 Å². The van der Waals surface area contributed by atoms with Crippen LogP contribution in [0.1, 0.15) is 44.0 Å². The number of carbonyl (C=O) groups excluding carboxylic acids is 2. The Morgan fingerprint density at radius 1 is 1.26 bits per heavy atom. The Balaban J connectivity index is 1.93. The Morgan fingerprint density at radius 3 is 2.56 bits per heavy atom. The van der Waals surface area contributed by atoms with Gasteiger partial charge in [0.2, 0.25) is 0 Å². The quantitative estimate of drug-likeness (QED) is 0.579. The van der Waals surface area contributed by atoms with Crippen molar-refractivity contribution in [3.63, 3.8) is 0 Å². The Morgan fingerprint density at radius 2 is 1.96 bits per heavy atom.